The van der Waals surface area contributed by atoms with Crippen LogP contribution in [0.5, 0.6) is 5.75 Å². The lowest BCUT2D eigenvalue weighted by Crippen LogP contribution is -2.20. The molecule has 0 unspecified atom stereocenters. The number of rotatable bonds is 5. The van der Waals surface area contributed by atoms with E-state index in [1.54, 1.807) is 0 Å². The normalized spacial score (nSPS) is 18.8. The summed E-state index contributed by atoms with van der Waals surface area (Å²) < 4.78 is 0. The Balaban J connectivity index is 1.59. The summed E-state index contributed by atoms with van der Waals surface area (Å²) in [6, 6.07) is 12.5. The van der Waals surface area contributed by atoms with Crippen LogP contribution in [0.1, 0.15) is 49.8 Å². The van der Waals surface area contributed by atoms with Gasteiger partial charge in [-0.3, -0.25) is 14.9 Å². The summed E-state index contributed by atoms with van der Waals surface area (Å²) >= 11 is 0. The quantitative estimate of drug-likeness (QED) is 0.466. The van der Waals surface area contributed by atoms with E-state index in [-0.39, 0.29) is 28.7 Å². The minimum absolute atomic E-state index is 0.0889. The molecule has 2 N–H and O–H groups in total. The second kappa shape index (κ2) is 7.42. The Bertz CT molecular complexity index is 930. The molecule has 1 aliphatic rings. The highest BCUT2D eigenvalue weighted by atomic mass is 16.6. The Morgan fingerprint density at radius 1 is 1.25 bits per heavy atom. The Kier molecular flexibility index (Phi) is 5.18. The van der Waals surface area contributed by atoms with Crippen LogP contribution in [-0.2, 0) is 10.2 Å². The van der Waals surface area contributed by atoms with Gasteiger partial charge in [-0.25, -0.2) is 5.43 Å². The predicted octanol–water partition coefficient (Wildman–Crippen LogP) is 3.85. The van der Waals surface area contributed by atoms with E-state index >= 15 is 0 Å². The minimum Gasteiger partial charge on any atom is -0.502 e. The monoisotopic (exact) mass is 381 g/mol. The third kappa shape index (κ3) is 4.19. The van der Waals surface area contributed by atoms with Crippen molar-refractivity contribution in [3.05, 3.63) is 69.3 Å². The van der Waals surface area contributed by atoms with Gasteiger partial charge in [-0.1, -0.05) is 51.1 Å². The number of nitro benzene ring substituents is 1. The largest absolute Gasteiger partial charge is 0.502 e. The van der Waals surface area contributed by atoms with Gasteiger partial charge in [-0.2, -0.15) is 5.10 Å². The fourth-order valence-corrected chi connectivity index (χ4v) is 3.13. The standard InChI is InChI=1S/C21H23N3O4/c1-21(2,3)15-9-7-13(8-10-15)16-11-17(16)20(26)23-22-12-14-5-4-6-18(19(14)25)24(27)28/h4-10,12,16-17,25H,11H2,1-3H3,(H,23,26)/b22-12+/t16-,17-/m0/s1. The fraction of sp³-hybridized carbons (Fsp3) is 0.333. The van der Waals surface area contributed by atoms with Gasteiger partial charge in [0.25, 0.3) is 0 Å². The highest BCUT2D eigenvalue weighted by Gasteiger charge is 2.44. The van der Waals surface area contributed by atoms with Crippen molar-refractivity contribution in [1.82, 2.24) is 5.43 Å². The topological polar surface area (TPSA) is 105 Å². The van der Waals surface area contributed by atoms with Crippen molar-refractivity contribution >= 4 is 17.8 Å². The highest BCUT2D eigenvalue weighted by molar-refractivity contribution is 5.88. The molecular weight excluding hydrogens is 358 g/mol. The van der Waals surface area contributed by atoms with E-state index in [9.17, 15) is 20.0 Å². The SMILES string of the molecule is CC(C)(C)c1ccc([C@@H]2C[C@@H]2C(=O)N/N=C/c2cccc([N+](=O)[O-])c2O)cc1. The minimum atomic E-state index is -0.676. The summed E-state index contributed by atoms with van der Waals surface area (Å²) in [7, 11) is 0. The molecule has 0 heterocycles. The third-order valence-electron chi connectivity index (χ3n) is 4.95. The fourth-order valence-electron chi connectivity index (χ4n) is 3.13. The Morgan fingerprint density at radius 3 is 2.54 bits per heavy atom. The number of aromatic hydroxyl groups is 1. The van der Waals surface area contributed by atoms with Crippen molar-refractivity contribution in [2.75, 3.05) is 0 Å². The molecule has 0 saturated heterocycles. The lowest BCUT2D eigenvalue weighted by molar-refractivity contribution is -0.385. The third-order valence-corrected chi connectivity index (χ3v) is 4.95. The van der Waals surface area contributed by atoms with E-state index in [0.717, 1.165) is 12.0 Å². The van der Waals surface area contributed by atoms with E-state index < -0.39 is 16.4 Å². The number of hydrazone groups is 1. The smallest absolute Gasteiger partial charge is 0.311 e. The molecule has 7 heteroatoms. The summed E-state index contributed by atoms with van der Waals surface area (Å²) in [6.45, 7) is 6.48. The van der Waals surface area contributed by atoms with E-state index in [1.165, 1.54) is 30.0 Å². The van der Waals surface area contributed by atoms with Gasteiger partial charge in [0.05, 0.1) is 11.1 Å². The molecule has 0 aromatic heterocycles. The van der Waals surface area contributed by atoms with E-state index in [1.807, 2.05) is 0 Å². The van der Waals surface area contributed by atoms with Crippen molar-refractivity contribution in [2.45, 2.75) is 38.5 Å². The number of hydrogen-bond acceptors (Lipinski definition) is 5. The molecule has 0 aliphatic heterocycles. The molecule has 2 aromatic carbocycles. The number of amides is 1. The van der Waals surface area contributed by atoms with E-state index in [4.69, 9.17) is 0 Å². The maximum Gasteiger partial charge on any atom is 0.311 e. The van der Waals surface area contributed by atoms with Crippen LogP contribution in [-0.4, -0.2) is 22.2 Å². The molecule has 2 atom stereocenters. The molecule has 0 radical (unpaired) electrons. The number of nitro groups is 1. The van der Waals surface area contributed by atoms with Gasteiger partial charge in [-0.05, 0) is 34.9 Å². The Hall–Kier alpha value is -3.22. The molecule has 0 spiro atoms. The average Bonchev–Trinajstić information content (AvgIpc) is 3.43. The van der Waals surface area contributed by atoms with Crippen LogP contribution in [0.3, 0.4) is 0 Å². The lowest BCUT2D eigenvalue weighted by atomic mass is 9.86. The summed E-state index contributed by atoms with van der Waals surface area (Å²) in [4.78, 5) is 22.4. The summed E-state index contributed by atoms with van der Waals surface area (Å²) in [5, 5.41) is 24.5. The van der Waals surface area contributed by atoms with Gasteiger partial charge in [0, 0.05) is 17.5 Å². The molecule has 1 amide bonds. The zero-order valence-electron chi connectivity index (χ0n) is 16.0. The number of phenols is 1. The van der Waals surface area contributed by atoms with Crippen molar-refractivity contribution in [2.24, 2.45) is 11.0 Å². The van der Waals surface area contributed by atoms with Crippen LogP contribution in [0.15, 0.2) is 47.6 Å². The molecular formula is C21H23N3O4. The maximum atomic E-state index is 12.3. The molecule has 146 valence electrons. The van der Waals surface area contributed by atoms with Crippen molar-refractivity contribution < 1.29 is 14.8 Å². The molecule has 2 aromatic rings. The number of carbonyl (C=O) groups excluding carboxylic acids is 1. The van der Waals surface area contributed by atoms with Gasteiger partial charge in [0.15, 0.2) is 0 Å². The van der Waals surface area contributed by atoms with Gasteiger partial charge in [0.2, 0.25) is 11.7 Å². The van der Waals surface area contributed by atoms with Gasteiger partial charge < -0.3 is 5.11 Å². The van der Waals surface area contributed by atoms with Gasteiger partial charge in [-0.15, -0.1) is 0 Å². The first-order chi connectivity index (χ1) is 13.2. The van der Waals surface area contributed by atoms with Gasteiger partial charge >= 0.3 is 5.69 Å². The van der Waals surface area contributed by atoms with Crippen LogP contribution >= 0.6 is 0 Å². The molecule has 1 saturated carbocycles. The first-order valence-electron chi connectivity index (χ1n) is 9.08. The van der Waals surface area contributed by atoms with Crippen LogP contribution in [0.2, 0.25) is 0 Å². The second-order valence-corrected chi connectivity index (χ2v) is 8.03. The van der Waals surface area contributed by atoms with Crippen LogP contribution in [0.25, 0.3) is 0 Å². The number of hydrogen-bond donors (Lipinski definition) is 2. The lowest BCUT2D eigenvalue weighted by Gasteiger charge is -2.19. The number of phenolic OH excluding ortho intramolecular Hbond substituents is 1. The van der Waals surface area contributed by atoms with Crippen molar-refractivity contribution in [3.8, 4) is 5.75 Å². The molecule has 1 aliphatic carbocycles. The summed E-state index contributed by atoms with van der Waals surface area (Å²) in [6.07, 6.45) is 1.97. The Morgan fingerprint density at radius 2 is 1.93 bits per heavy atom. The Labute approximate surface area is 163 Å². The van der Waals surface area contributed by atoms with E-state index in [0.29, 0.717) is 0 Å². The zero-order valence-corrected chi connectivity index (χ0v) is 16.0. The molecule has 1 fully saturated rings. The second-order valence-electron chi connectivity index (χ2n) is 8.03. The first-order valence-corrected chi connectivity index (χ1v) is 9.08. The van der Waals surface area contributed by atoms with Gasteiger partial charge in [0.1, 0.15) is 0 Å². The predicted molar refractivity (Wildman–Crippen MR) is 106 cm³/mol. The van der Waals surface area contributed by atoms with Crippen LogP contribution in [0.4, 0.5) is 5.69 Å². The summed E-state index contributed by atoms with van der Waals surface area (Å²) in [5.41, 5.74) is 4.69. The number of carbonyl (C=O) groups is 1. The van der Waals surface area contributed by atoms with E-state index in [2.05, 4.69) is 55.6 Å². The molecule has 0 bridgehead atoms. The number of nitrogens with one attached hydrogen (secondary N) is 1. The van der Waals surface area contributed by atoms with Crippen LogP contribution in [0, 0.1) is 16.0 Å². The molecule has 28 heavy (non-hydrogen) atoms. The zero-order chi connectivity index (χ0) is 20.5. The highest BCUT2D eigenvalue weighted by Crippen LogP contribution is 2.47. The molecule has 3 rings (SSSR count). The van der Waals surface area contributed by atoms with Crippen LogP contribution < -0.4 is 5.43 Å². The molecule has 7 nitrogen and oxygen atoms in total. The number of para-hydroxylation sites is 1. The number of benzene rings is 2. The average molecular weight is 381 g/mol. The number of nitrogens with zero attached hydrogens (tertiary/aromatic N) is 2. The maximum absolute atomic E-state index is 12.3. The van der Waals surface area contributed by atoms with Crippen molar-refractivity contribution in [1.29, 1.82) is 0 Å². The first kappa shape index (κ1) is 19.5. The van der Waals surface area contributed by atoms with Crippen molar-refractivity contribution in [3.63, 3.8) is 0 Å². The summed E-state index contributed by atoms with van der Waals surface area (Å²) in [5.74, 6) is -0.647.